The maximum Gasteiger partial charge on any atom is 0.321 e. The van der Waals surface area contributed by atoms with Crippen LogP contribution in [0.3, 0.4) is 0 Å². The number of likely N-dealkylation sites (N-methyl/N-ethyl adjacent to an activating group) is 1. The zero-order chi connectivity index (χ0) is 26.9. The van der Waals surface area contributed by atoms with Gasteiger partial charge in [-0.1, -0.05) is 25.7 Å². The Kier molecular flexibility index (Phi) is 9.75. The van der Waals surface area contributed by atoms with Gasteiger partial charge in [-0.2, -0.15) is 0 Å². The first-order valence-electron chi connectivity index (χ1n) is 12.5. The van der Waals surface area contributed by atoms with Gasteiger partial charge in [-0.05, 0) is 43.7 Å². The first-order valence-corrected chi connectivity index (χ1v) is 12.5. The van der Waals surface area contributed by atoms with Crippen LogP contribution in [0.5, 0.6) is 11.6 Å². The topological polar surface area (TPSA) is 104 Å². The number of amides is 3. The van der Waals surface area contributed by atoms with Gasteiger partial charge in [0.1, 0.15) is 17.4 Å². The predicted octanol–water partition coefficient (Wildman–Crippen LogP) is 3.63. The average molecular weight is 509 g/mol. The highest BCUT2D eigenvalue weighted by atomic mass is 16.5. The largest absolute Gasteiger partial charge is 0.497 e. The van der Waals surface area contributed by atoms with Crippen molar-refractivity contribution < 1.29 is 24.2 Å². The molecule has 1 aromatic heterocycles. The maximum absolute atomic E-state index is 13.5. The van der Waals surface area contributed by atoms with Crippen LogP contribution in [0.2, 0.25) is 0 Å². The van der Waals surface area contributed by atoms with Gasteiger partial charge in [-0.25, -0.2) is 9.78 Å². The van der Waals surface area contributed by atoms with Crippen molar-refractivity contribution in [2.45, 2.75) is 45.8 Å². The molecule has 3 amide bonds. The number of hydrogen-bond acceptors (Lipinski definition) is 6. The van der Waals surface area contributed by atoms with E-state index in [1.54, 1.807) is 67.4 Å². The number of carbonyl (C=O) groups excluding carboxylic acids is 2. The number of methoxy groups -OCH3 is 1. The average Bonchev–Trinajstić information content (AvgIpc) is 2.90. The van der Waals surface area contributed by atoms with Crippen molar-refractivity contribution in [2.75, 3.05) is 39.2 Å². The van der Waals surface area contributed by atoms with Gasteiger partial charge in [0.15, 0.2) is 0 Å². The summed E-state index contributed by atoms with van der Waals surface area (Å²) < 4.78 is 11.4. The van der Waals surface area contributed by atoms with Crippen molar-refractivity contribution in [3.05, 3.63) is 47.7 Å². The first-order chi connectivity index (χ1) is 17.8. The predicted molar refractivity (Wildman–Crippen MR) is 142 cm³/mol. The van der Waals surface area contributed by atoms with Crippen LogP contribution < -0.4 is 14.8 Å². The molecule has 3 rings (SSSR count). The van der Waals surface area contributed by atoms with Gasteiger partial charge in [0, 0.05) is 43.4 Å². The minimum Gasteiger partial charge on any atom is -0.497 e. The molecule has 0 aliphatic carbocycles. The van der Waals surface area contributed by atoms with Crippen LogP contribution in [-0.2, 0) is 0 Å². The smallest absolute Gasteiger partial charge is 0.321 e. The highest BCUT2D eigenvalue weighted by molar-refractivity contribution is 5.97. The number of nitrogens with one attached hydrogen (secondary N) is 1. The van der Waals surface area contributed by atoms with Crippen LogP contribution in [-0.4, -0.2) is 77.8 Å². The van der Waals surface area contributed by atoms with Gasteiger partial charge in [-0.15, -0.1) is 0 Å². The lowest BCUT2D eigenvalue weighted by Gasteiger charge is -2.37. The lowest BCUT2D eigenvalue weighted by atomic mass is 10.00. The molecule has 37 heavy (non-hydrogen) atoms. The first kappa shape index (κ1) is 27.8. The molecule has 2 aromatic rings. The molecule has 1 aliphatic rings. The number of carbonyl (C=O) groups is 2. The van der Waals surface area contributed by atoms with Gasteiger partial charge in [0.05, 0.1) is 26.3 Å². The minimum absolute atomic E-state index is 0.145. The Morgan fingerprint density at radius 1 is 1.38 bits per heavy atom. The van der Waals surface area contributed by atoms with E-state index in [-0.39, 0.29) is 36.9 Å². The number of unbranched alkanes of at least 4 members (excludes halogenated alkanes) is 1. The molecule has 0 saturated heterocycles. The molecule has 1 aliphatic heterocycles. The van der Waals surface area contributed by atoms with Crippen molar-refractivity contribution in [1.82, 2.24) is 14.8 Å². The summed E-state index contributed by atoms with van der Waals surface area (Å²) in [5.41, 5.74) is 1.56. The summed E-state index contributed by atoms with van der Waals surface area (Å²) in [6, 6.07) is 8.07. The number of aliphatic hydroxyl groups excluding tert-OH is 1. The Morgan fingerprint density at radius 3 is 2.76 bits per heavy atom. The number of aromatic nitrogens is 1. The van der Waals surface area contributed by atoms with Crippen molar-refractivity contribution >= 4 is 17.6 Å². The molecule has 9 nitrogen and oxygen atoms in total. The lowest BCUT2D eigenvalue weighted by Crippen LogP contribution is -2.50. The third kappa shape index (κ3) is 7.14. The Hall–Kier alpha value is -3.77. The standard InChI is InChI=1S/C28H36N4O5/c1-6-7-8-9-21-14-24-26(29-15-21)37-25(19(2)16-32(27(24)34)20(3)18-33)17-31(4)28(35)30-22-10-12-23(36-5)13-11-22/h10-15,19-20,25,33H,6-7,16-18H2,1-5H3,(H,30,35)/t19-,20-,25-/m1/s1. The number of benzene rings is 1. The maximum atomic E-state index is 13.5. The zero-order valence-electron chi connectivity index (χ0n) is 22.2. The molecular formula is C28H36N4O5. The van der Waals surface area contributed by atoms with Crippen molar-refractivity contribution in [1.29, 1.82) is 0 Å². The van der Waals surface area contributed by atoms with Gasteiger partial charge in [-0.3, -0.25) is 4.79 Å². The van der Waals surface area contributed by atoms with Gasteiger partial charge in [0.2, 0.25) is 5.88 Å². The number of fused-ring (bicyclic) bond motifs is 1. The van der Waals surface area contributed by atoms with Crippen LogP contribution in [0.15, 0.2) is 36.5 Å². The third-order valence-electron chi connectivity index (χ3n) is 6.27. The SMILES string of the molecule is CCCC#Cc1cnc2c(c1)C(=O)N([C@H](C)CO)C[C@@H](C)[C@@H](CN(C)C(=O)Nc1ccc(OC)cc1)O2. The highest BCUT2D eigenvalue weighted by Crippen LogP contribution is 2.27. The fourth-order valence-corrected chi connectivity index (χ4v) is 3.92. The number of ether oxygens (including phenoxy) is 2. The number of aliphatic hydroxyl groups is 1. The van der Waals surface area contributed by atoms with Crippen LogP contribution >= 0.6 is 0 Å². The normalized spacial score (nSPS) is 17.8. The van der Waals surface area contributed by atoms with E-state index in [1.165, 1.54) is 0 Å². The molecule has 3 atom stereocenters. The second kappa shape index (κ2) is 13.0. The summed E-state index contributed by atoms with van der Waals surface area (Å²) in [6.45, 7) is 6.25. The quantitative estimate of drug-likeness (QED) is 0.554. The lowest BCUT2D eigenvalue weighted by molar-refractivity contribution is 0.0356. The third-order valence-corrected chi connectivity index (χ3v) is 6.27. The van der Waals surface area contributed by atoms with E-state index in [1.807, 2.05) is 6.92 Å². The molecule has 0 unspecified atom stereocenters. The van der Waals surface area contributed by atoms with Crippen LogP contribution in [0, 0.1) is 17.8 Å². The van der Waals surface area contributed by atoms with Crippen LogP contribution in [0.25, 0.3) is 0 Å². The van der Waals surface area contributed by atoms with E-state index in [2.05, 4.69) is 29.1 Å². The molecule has 1 aromatic carbocycles. The van der Waals surface area contributed by atoms with E-state index in [0.717, 1.165) is 12.8 Å². The number of rotatable bonds is 7. The molecule has 9 heteroatoms. The molecule has 2 N–H and O–H groups in total. The molecule has 2 heterocycles. The van der Waals surface area contributed by atoms with Gasteiger partial charge >= 0.3 is 6.03 Å². The Bertz CT molecular complexity index is 1140. The molecule has 0 fully saturated rings. The van der Waals surface area contributed by atoms with E-state index in [9.17, 15) is 14.7 Å². The van der Waals surface area contributed by atoms with Crippen LogP contribution in [0.1, 0.15) is 49.5 Å². The van der Waals surface area contributed by atoms with E-state index >= 15 is 0 Å². The summed E-state index contributed by atoms with van der Waals surface area (Å²) in [5, 5.41) is 12.7. The van der Waals surface area contributed by atoms with Crippen LogP contribution in [0.4, 0.5) is 10.5 Å². The summed E-state index contributed by atoms with van der Waals surface area (Å²) in [5.74, 6) is 6.61. The molecule has 0 spiro atoms. The van der Waals surface area contributed by atoms with E-state index < -0.39 is 12.1 Å². The second-order valence-corrected chi connectivity index (χ2v) is 9.29. The monoisotopic (exact) mass is 508 g/mol. The number of urea groups is 1. The van der Waals surface area contributed by atoms with Crippen molar-refractivity contribution in [3.63, 3.8) is 0 Å². The van der Waals surface area contributed by atoms with E-state index in [0.29, 0.717) is 29.1 Å². The molecular weight excluding hydrogens is 472 g/mol. The Morgan fingerprint density at radius 2 is 2.11 bits per heavy atom. The number of anilines is 1. The summed E-state index contributed by atoms with van der Waals surface area (Å²) in [4.78, 5) is 34.0. The minimum atomic E-state index is -0.448. The fraction of sp³-hybridized carbons (Fsp3) is 0.464. The number of pyridine rings is 1. The number of hydrogen-bond donors (Lipinski definition) is 2. The highest BCUT2D eigenvalue weighted by Gasteiger charge is 2.34. The Balaban J connectivity index is 1.84. The summed E-state index contributed by atoms with van der Waals surface area (Å²) in [6.07, 6.45) is 2.84. The fourth-order valence-electron chi connectivity index (χ4n) is 3.92. The van der Waals surface area contributed by atoms with Crippen molar-refractivity contribution in [2.24, 2.45) is 5.92 Å². The molecule has 198 valence electrons. The van der Waals surface area contributed by atoms with Crippen molar-refractivity contribution in [3.8, 4) is 23.5 Å². The Labute approximate surface area is 218 Å². The van der Waals surface area contributed by atoms with E-state index in [4.69, 9.17) is 9.47 Å². The second-order valence-electron chi connectivity index (χ2n) is 9.29. The zero-order valence-corrected chi connectivity index (χ0v) is 22.2. The molecule has 0 saturated carbocycles. The summed E-state index contributed by atoms with van der Waals surface area (Å²) in [7, 11) is 3.27. The molecule has 0 radical (unpaired) electrons. The van der Waals surface area contributed by atoms with Gasteiger partial charge < -0.3 is 29.7 Å². The number of nitrogens with zero attached hydrogens (tertiary/aromatic N) is 3. The van der Waals surface area contributed by atoms with Gasteiger partial charge in [0.25, 0.3) is 5.91 Å². The summed E-state index contributed by atoms with van der Waals surface area (Å²) >= 11 is 0. The molecule has 0 bridgehead atoms.